The minimum absolute atomic E-state index is 0.154. The van der Waals surface area contributed by atoms with E-state index in [1.807, 2.05) is 0 Å². The fourth-order valence-corrected chi connectivity index (χ4v) is 2.00. The summed E-state index contributed by atoms with van der Waals surface area (Å²) in [5.74, 6) is -0.782. The molecule has 0 aliphatic carbocycles. The molecule has 0 saturated carbocycles. The molecule has 1 rings (SSSR count). The van der Waals surface area contributed by atoms with Crippen LogP contribution in [0, 0.1) is 0 Å². The van der Waals surface area contributed by atoms with Gasteiger partial charge in [-0.25, -0.2) is 4.98 Å². The number of aliphatic hydroxyl groups excluding tert-OH is 1. The number of aryl methyl sites for hydroxylation is 2. The summed E-state index contributed by atoms with van der Waals surface area (Å²) >= 11 is 1.53. The number of rotatable bonds is 6. The van der Waals surface area contributed by atoms with Crippen LogP contribution in [0.1, 0.15) is 22.7 Å². The van der Waals surface area contributed by atoms with Gasteiger partial charge in [0.2, 0.25) is 0 Å². The van der Waals surface area contributed by atoms with Crippen LogP contribution in [0.15, 0.2) is 6.20 Å². The lowest BCUT2D eigenvalue weighted by Gasteiger charge is -1.91. The number of carboxylic acid groups (broad SMARTS) is 1. The Balaban J connectivity index is 2.38. The van der Waals surface area contributed by atoms with Crippen LogP contribution in [0.25, 0.3) is 0 Å². The molecule has 78 valence electrons. The topological polar surface area (TPSA) is 70.4 Å². The first-order valence-corrected chi connectivity index (χ1v) is 5.30. The second-order valence-corrected chi connectivity index (χ2v) is 4.14. The second kappa shape index (κ2) is 5.72. The van der Waals surface area contributed by atoms with Gasteiger partial charge in [0, 0.05) is 24.1 Å². The zero-order valence-electron chi connectivity index (χ0n) is 7.77. The largest absolute Gasteiger partial charge is 0.481 e. The summed E-state index contributed by atoms with van der Waals surface area (Å²) in [7, 11) is 0. The van der Waals surface area contributed by atoms with Gasteiger partial charge in [0.25, 0.3) is 0 Å². The van der Waals surface area contributed by atoms with E-state index in [-0.39, 0.29) is 13.0 Å². The average Bonchev–Trinajstić information content (AvgIpc) is 2.59. The van der Waals surface area contributed by atoms with Crippen molar-refractivity contribution in [1.29, 1.82) is 0 Å². The van der Waals surface area contributed by atoms with E-state index in [4.69, 9.17) is 10.2 Å². The summed E-state index contributed by atoms with van der Waals surface area (Å²) in [5.41, 5.74) is 0. The fraction of sp³-hybridized carbons (Fsp3) is 0.556. The van der Waals surface area contributed by atoms with Crippen molar-refractivity contribution in [2.75, 3.05) is 6.61 Å². The van der Waals surface area contributed by atoms with E-state index in [0.717, 1.165) is 16.3 Å². The molecule has 0 aromatic carbocycles. The molecule has 4 nitrogen and oxygen atoms in total. The Morgan fingerprint density at radius 2 is 2.29 bits per heavy atom. The van der Waals surface area contributed by atoms with Gasteiger partial charge < -0.3 is 10.2 Å². The SMILES string of the molecule is O=C(O)CCc1cnc(CCCO)s1. The maximum atomic E-state index is 10.3. The smallest absolute Gasteiger partial charge is 0.303 e. The molecule has 1 heterocycles. The third-order valence-corrected chi connectivity index (χ3v) is 2.85. The van der Waals surface area contributed by atoms with Gasteiger partial charge in [-0.3, -0.25) is 4.79 Å². The minimum Gasteiger partial charge on any atom is -0.481 e. The molecule has 0 fully saturated rings. The van der Waals surface area contributed by atoms with Crippen LogP contribution < -0.4 is 0 Å². The van der Waals surface area contributed by atoms with Crippen molar-refractivity contribution < 1.29 is 15.0 Å². The molecule has 14 heavy (non-hydrogen) atoms. The van der Waals surface area contributed by atoms with Crippen molar-refractivity contribution in [2.45, 2.75) is 25.7 Å². The third kappa shape index (κ3) is 3.85. The van der Waals surface area contributed by atoms with Gasteiger partial charge >= 0.3 is 5.97 Å². The van der Waals surface area contributed by atoms with Crippen LogP contribution in [0.5, 0.6) is 0 Å². The van der Waals surface area contributed by atoms with Crippen LogP contribution >= 0.6 is 11.3 Å². The molecule has 0 aliphatic heterocycles. The summed E-state index contributed by atoms with van der Waals surface area (Å²) in [5, 5.41) is 18.1. The van der Waals surface area contributed by atoms with E-state index in [1.165, 1.54) is 11.3 Å². The van der Waals surface area contributed by atoms with E-state index in [9.17, 15) is 4.79 Å². The Morgan fingerprint density at radius 1 is 1.50 bits per heavy atom. The molecule has 0 amide bonds. The number of carboxylic acids is 1. The summed E-state index contributed by atoms with van der Waals surface area (Å²) in [4.78, 5) is 15.4. The maximum absolute atomic E-state index is 10.3. The van der Waals surface area contributed by atoms with E-state index in [1.54, 1.807) is 6.20 Å². The Bertz CT molecular complexity index is 298. The highest BCUT2D eigenvalue weighted by Gasteiger charge is 2.04. The van der Waals surface area contributed by atoms with Gasteiger partial charge in [0.1, 0.15) is 0 Å². The molecule has 0 spiro atoms. The minimum atomic E-state index is -0.782. The molecule has 0 atom stereocenters. The number of aromatic nitrogens is 1. The average molecular weight is 215 g/mol. The first kappa shape index (κ1) is 11.1. The summed E-state index contributed by atoms with van der Waals surface area (Å²) in [6.45, 7) is 0.171. The number of thiazole rings is 1. The van der Waals surface area contributed by atoms with Crippen molar-refractivity contribution in [2.24, 2.45) is 0 Å². The molecule has 0 radical (unpaired) electrons. The molecule has 1 aromatic heterocycles. The molecule has 1 aromatic rings. The Labute approximate surface area is 86.2 Å². The lowest BCUT2D eigenvalue weighted by molar-refractivity contribution is -0.136. The Hall–Kier alpha value is -0.940. The molecule has 0 aliphatic rings. The predicted octanol–water partition coefficient (Wildman–Crippen LogP) is 1.09. The predicted molar refractivity (Wildman–Crippen MR) is 53.5 cm³/mol. The van der Waals surface area contributed by atoms with Gasteiger partial charge in [-0.15, -0.1) is 11.3 Å². The number of aliphatic carboxylic acids is 1. The normalized spacial score (nSPS) is 10.4. The van der Waals surface area contributed by atoms with Crippen molar-refractivity contribution in [3.05, 3.63) is 16.1 Å². The first-order valence-electron chi connectivity index (χ1n) is 4.48. The zero-order chi connectivity index (χ0) is 10.4. The zero-order valence-corrected chi connectivity index (χ0v) is 8.59. The maximum Gasteiger partial charge on any atom is 0.303 e. The van der Waals surface area contributed by atoms with Gasteiger partial charge in [-0.05, 0) is 12.8 Å². The second-order valence-electron chi connectivity index (χ2n) is 2.94. The molecular formula is C9H13NO3S. The summed E-state index contributed by atoms with van der Waals surface area (Å²) < 4.78 is 0. The highest BCUT2D eigenvalue weighted by atomic mass is 32.1. The van der Waals surface area contributed by atoms with Crippen molar-refractivity contribution in [1.82, 2.24) is 4.98 Å². The van der Waals surface area contributed by atoms with Crippen LogP contribution in [-0.4, -0.2) is 27.8 Å². The van der Waals surface area contributed by atoms with Crippen molar-refractivity contribution in [3.8, 4) is 0 Å². The number of nitrogens with zero attached hydrogens (tertiary/aromatic N) is 1. The lowest BCUT2D eigenvalue weighted by atomic mass is 10.3. The molecule has 0 saturated heterocycles. The molecule has 0 bridgehead atoms. The molecular weight excluding hydrogens is 202 g/mol. The summed E-state index contributed by atoms with van der Waals surface area (Å²) in [6.07, 6.45) is 3.91. The fourth-order valence-electron chi connectivity index (χ4n) is 1.04. The monoisotopic (exact) mass is 215 g/mol. The van der Waals surface area contributed by atoms with Crippen LogP contribution in [0.3, 0.4) is 0 Å². The molecule has 2 N–H and O–H groups in total. The molecule has 5 heteroatoms. The lowest BCUT2D eigenvalue weighted by Crippen LogP contribution is -1.95. The third-order valence-electron chi connectivity index (χ3n) is 1.74. The number of hydrogen-bond acceptors (Lipinski definition) is 4. The van der Waals surface area contributed by atoms with E-state index < -0.39 is 5.97 Å². The summed E-state index contributed by atoms with van der Waals surface area (Å²) in [6, 6.07) is 0. The van der Waals surface area contributed by atoms with E-state index >= 15 is 0 Å². The van der Waals surface area contributed by atoms with Gasteiger partial charge in [0.05, 0.1) is 11.4 Å². The van der Waals surface area contributed by atoms with Gasteiger partial charge in [-0.2, -0.15) is 0 Å². The standard InChI is InChI=1S/C9H13NO3S/c11-5-1-2-8-10-6-7(14-8)3-4-9(12)13/h6,11H,1-5H2,(H,12,13). The molecule has 0 unspecified atom stereocenters. The van der Waals surface area contributed by atoms with Crippen molar-refractivity contribution >= 4 is 17.3 Å². The number of hydrogen-bond donors (Lipinski definition) is 2. The van der Waals surface area contributed by atoms with E-state index in [0.29, 0.717) is 12.8 Å². The number of aliphatic hydroxyl groups is 1. The van der Waals surface area contributed by atoms with Crippen LogP contribution in [0.2, 0.25) is 0 Å². The van der Waals surface area contributed by atoms with E-state index in [2.05, 4.69) is 4.98 Å². The highest BCUT2D eigenvalue weighted by molar-refractivity contribution is 7.11. The Kier molecular flexibility index (Phi) is 4.55. The van der Waals surface area contributed by atoms with Gasteiger partial charge in [0.15, 0.2) is 0 Å². The van der Waals surface area contributed by atoms with Crippen molar-refractivity contribution in [3.63, 3.8) is 0 Å². The van der Waals surface area contributed by atoms with Crippen LogP contribution in [0.4, 0.5) is 0 Å². The van der Waals surface area contributed by atoms with Crippen LogP contribution in [-0.2, 0) is 17.6 Å². The highest BCUT2D eigenvalue weighted by Crippen LogP contribution is 2.15. The number of carbonyl (C=O) groups is 1. The van der Waals surface area contributed by atoms with Gasteiger partial charge in [-0.1, -0.05) is 0 Å². The Morgan fingerprint density at radius 3 is 2.93 bits per heavy atom. The first-order chi connectivity index (χ1) is 6.72. The quantitative estimate of drug-likeness (QED) is 0.745.